The smallest absolute Gasteiger partial charge is 0.217 e. The molecule has 15 heavy (non-hydrogen) atoms. The van der Waals surface area contributed by atoms with E-state index in [1.165, 1.54) is 10.6 Å². The van der Waals surface area contributed by atoms with Gasteiger partial charge in [0.05, 0.1) is 6.26 Å². The lowest BCUT2D eigenvalue weighted by Gasteiger charge is -2.29. The van der Waals surface area contributed by atoms with Crippen molar-refractivity contribution in [2.45, 2.75) is 25.7 Å². The van der Waals surface area contributed by atoms with E-state index >= 15 is 0 Å². The molecule has 1 heterocycles. The first-order valence-corrected chi connectivity index (χ1v) is 6.98. The number of sulfonamides is 1. The monoisotopic (exact) mass is 234 g/mol. The van der Waals surface area contributed by atoms with Crippen LogP contribution in [0.25, 0.3) is 0 Å². The fourth-order valence-electron chi connectivity index (χ4n) is 1.88. The highest BCUT2D eigenvalue weighted by Gasteiger charge is 2.24. The van der Waals surface area contributed by atoms with Gasteiger partial charge in [0, 0.05) is 19.5 Å². The van der Waals surface area contributed by atoms with E-state index in [9.17, 15) is 13.2 Å². The van der Waals surface area contributed by atoms with E-state index in [2.05, 4.69) is 0 Å². The number of hydrogen-bond donors (Lipinski definition) is 1. The molecule has 5 nitrogen and oxygen atoms in total. The van der Waals surface area contributed by atoms with E-state index in [-0.39, 0.29) is 5.91 Å². The Morgan fingerprint density at radius 3 is 2.33 bits per heavy atom. The van der Waals surface area contributed by atoms with Crippen LogP contribution in [0.4, 0.5) is 0 Å². The minimum Gasteiger partial charge on any atom is -0.370 e. The van der Waals surface area contributed by atoms with Gasteiger partial charge in [-0.05, 0) is 25.2 Å². The van der Waals surface area contributed by atoms with Crippen molar-refractivity contribution < 1.29 is 13.2 Å². The van der Waals surface area contributed by atoms with Crippen molar-refractivity contribution in [3.05, 3.63) is 0 Å². The minimum absolute atomic E-state index is 0.277. The number of carbonyl (C=O) groups is 1. The first kappa shape index (κ1) is 12.4. The number of rotatable bonds is 4. The molecule has 0 aromatic rings. The van der Waals surface area contributed by atoms with Gasteiger partial charge in [0.2, 0.25) is 15.9 Å². The lowest BCUT2D eigenvalue weighted by atomic mass is 9.93. The number of nitrogens with two attached hydrogens (primary N) is 1. The van der Waals surface area contributed by atoms with Crippen molar-refractivity contribution in [3.8, 4) is 0 Å². The molecular weight excluding hydrogens is 216 g/mol. The Morgan fingerprint density at radius 1 is 1.40 bits per heavy atom. The highest BCUT2D eigenvalue weighted by Crippen LogP contribution is 2.22. The van der Waals surface area contributed by atoms with Gasteiger partial charge in [0.25, 0.3) is 0 Å². The fraction of sp³-hybridized carbons (Fsp3) is 0.889. The third-order valence-corrected chi connectivity index (χ3v) is 4.14. The number of amides is 1. The van der Waals surface area contributed by atoms with Gasteiger partial charge in [0.1, 0.15) is 0 Å². The molecule has 0 aromatic heterocycles. The van der Waals surface area contributed by atoms with E-state index in [0.717, 1.165) is 19.3 Å². The van der Waals surface area contributed by atoms with Gasteiger partial charge in [-0.2, -0.15) is 0 Å². The number of piperidine rings is 1. The summed E-state index contributed by atoms with van der Waals surface area (Å²) in [5, 5.41) is 0. The summed E-state index contributed by atoms with van der Waals surface area (Å²) in [5.41, 5.74) is 5.06. The highest BCUT2D eigenvalue weighted by atomic mass is 32.2. The normalized spacial score (nSPS) is 20.3. The number of hydrogen-bond acceptors (Lipinski definition) is 3. The van der Waals surface area contributed by atoms with Crippen molar-refractivity contribution >= 4 is 15.9 Å². The Balaban J connectivity index is 2.33. The highest BCUT2D eigenvalue weighted by molar-refractivity contribution is 7.88. The van der Waals surface area contributed by atoms with Crippen molar-refractivity contribution in [3.63, 3.8) is 0 Å². The number of nitrogens with zero attached hydrogens (tertiary/aromatic N) is 1. The van der Waals surface area contributed by atoms with Crippen molar-refractivity contribution in [1.29, 1.82) is 0 Å². The molecule has 1 fully saturated rings. The van der Waals surface area contributed by atoms with Gasteiger partial charge in [-0.3, -0.25) is 4.79 Å². The second-order valence-corrected chi connectivity index (χ2v) is 6.09. The van der Waals surface area contributed by atoms with Crippen LogP contribution in [-0.2, 0) is 14.8 Å². The largest absolute Gasteiger partial charge is 0.370 e. The summed E-state index contributed by atoms with van der Waals surface area (Å²) >= 11 is 0. The molecule has 0 spiro atoms. The fourth-order valence-corrected chi connectivity index (χ4v) is 2.75. The maximum atomic E-state index is 11.2. The average molecular weight is 234 g/mol. The van der Waals surface area contributed by atoms with E-state index in [0.29, 0.717) is 25.4 Å². The maximum absolute atomic E-state index is 11.2. The topological polar surface area (TPSA) is 80.5 Å². The van der Waals surface area contributed by atoms with Crippen molar-refractivity contribution in [1.82, 2.24) is 4.31 Å². The number of primary amides is 1. The molecule has 1 aliphatic rings. The molecule has 88 valence electrons. The molecule has 1 aliphatic heterocycles. The second kappa shape index (κ2) is 4.94. The molecule has 6 heteroatoms. The Hall–Kier alpha value is -0.620. The van der Waals surface area contributed by atoms with Crippen LogP contribution < -0.4 is 5.73 Å². The van der Waals surface area contributed by atoms with Crippen LogP contribution in [0.3, 0.4) is 0 Å². The molecule has 1 amide bonds. The van der Waals surface area contributed by atoms with Gasteiger partial charge < -0.3 is 5.73 Å². The zero-order chi connectivity index (χ0) is 11.5. The predicted octanol–water partition coefficient (Wildman–Crippen LogP) is -0.0765. The quantitative estimate of drug-likeness (QED) is 0.739. The molecule has 0 aliphatic carbocycles. The van der Waals surface area contributed by atoms with E-state index in [4.69, 9.17) is 5.73 Å². The molecule has 0 aromatic carbocycles. The van der Waals surface area contributed by atoms with Crippen LogP contribution in [0.15, 0.2) is 0 Å². The Labute approximate surface area is 90.7 Å². The van der Waals surface area contributed by atoms with Gasteiger partial charge >= 0.3 is 0 Å². The summed E-state index contributed by atoms with van der Waals surface area (Å²) < 4.78 is 23.9. The van der Waals surface area contributed by atoms with Gasteiger partial charge in [-0.25, -0.2) is 12.7 Å². The zero-order valence-electron chi connectivity index (χ0n) is 8.98. The lowest BCUT2D eigenvalue weighted by Crippen LogP contribution is -2.37. The summed E-state index contributed by atoms with van der Waals surface area (Å²) in [4.78, 5) is 10.6. The molecule has 0 bridgehead atoms. The Bertz CT molecular complexity index is 318. The van der Waals surface area contributed by atoms with Crippen LogP contribution in [0.1, 0.15) is 25.7 Å². The zero-order valence-corrected chi connectivity index (χ0v) is 9.79. The molecule has 1 rings (SSSR count). The minimum atomic E-state index is -3.04. The van der Waals surface area contributed by atoms with Crippen LogP contribution >= 0.6 is 0 Å². The lowest BCUT2D eigenvalue weighted by molar-refractivity contribution is -0.118. The van der Waals surface area contributed by atoms with E-state index in [1.807, 2.05) is 0 Å². The van der Waals surface area contributed by atoms with E-state index < -0.39 is 10.0 Å². The molecule has 0 unspecified atom stereocenters. The van der Waals surface area contributed by atoms with Crippen LogP contribution in [-0.4, -0.2) is 38.0 Å². The predicted molar refractivity (Wildman–Crippen MR) is 57.6 cm³/mol. The van der Waals surface area contributed by atoms with Crippen LogP contribution in [0.2, 0.25) is 0 Å². The van der Waals surface area contributed by atoms with Crippen molar-refractivity contribution in [2.75, 3.05) is 19.3 Å². The third kappa shape index (κ3) is 4.17. The Morgan fingerprint density at radius 2 is 1.93 bits per heavy atom. The SMILES string of the molecule is CS(=O)(=O)N1CCC(CCC(N)=O)CC1. The van der Waals surface area contributed by atoms with Crippen LogP contribution in [0.5, 0.6) is 0 Å². The van der Waals surface area contributed by atoms with Gasteiger partial charge in [-0.15, -0.1) is 0 Å². The molecular formula is C9H18N2O3S. The maximum Gasteiger partial charge on any atom is 0.217 e. The third-order valence-electron chi connectivity index (χ3n) is 2.84. The van der Waals surface area contributed by atoms with E-state index in [1.54, 1.807) is 0 Å². The van der Waals surface area contributed by atoms with Crippen molar-refractivity contribution in [2.24, 2.45) is 11.7 Å². The molecule has 2 N–H and O–H groups in total. The van der Waals surface area contributed by atoms with Gasteiger partial charge in [-0.1, -0.05) is 0 Å². The standard InChI is InChI=1S/C9H18N2O3S/c1-15(13,14)11-6-4-8(5-7-11)2-3-9(10)12/h8H,2-7H2,1H3,(H2,10,12). The molecule has 0 radical (unpaired) electrons. The summed E-state index contributed by atoms with van der Waals surface area (Å²) in [6, 6.07) is 0. The molecule has 1 saturated heterocycles. The second-order valence-electron chi connectivity index (χ2n) is 4.11. The van der Waals surface area contributed by atoms with Crippen LogP contribution in [0, 0.1) is 5.92 Å². The summed E-state index contributed by atoms with van der Waals surface area (Å²) in [6.07, 6.45) is 4.09. The summed E-state index contributed by atoms with van der Waals surface area (Å²) in [7, 11) is -3.04. The average Bonchev–Trinajstić information content (AvgIpc) is 2.14. The Kier molecular flexibility index (Phi) is 4.10. The molecule has 0 atom stereocenters. The van der Waals surface area contributed by atoms with Gasteiger partial charge in [0.15, 0.2) is 0 Å². The summed E-state index contributed by atoms with van der Waals surface area (Å²) in [5.74, 6) is 0.163. The molecule has 0 saturated carbocycles. The summed E-state index contributed by atoms with van der Waals surface area (Å²) in [6.45, 7) is 1.14. The number of carbonyl (C=O) groups excluding carboxylic acids is 1. The first-order valence-electron chi connectivity index (χ1n) is 5.13. The first-order chi connectivity index (χ1) is 6.89.